The summed E-state index contributed by atoms with van der Waals surface area (Å²) in [4.78, 5) is 71.6. The van der Waals surface area contributed by atoms with Crippen LogP contribution in [0.25, 0.3) is 0 Å². The molecule has 39 heavy (non-hydrogen) atoms. The van der Waals surface area contributed by atoms with Gasteiger partial charge in [-0.25, -0.2) is 19.2 Å². The lowest BCUT2D eigenvalue weighted by Crippen LogP contribution is -2.38. The lowest BCUT2D eigenvalue weighted by atomic mass is 10.1. The predicted octanol–water partition coefficient (Wildman–Crippen LogP) is -2.99. The number of ether oxygens (including phenoxy) is 7. The van der Waals surface area contributed by atoms with Gasteiger partial charge < -0.3 is 53.6 Å². The van der Waals surface area contributed by atoms with E-state index < -0.39 is 109 Å². The zero-order chi connectivity index (χ0) is 28.4. The van der Waals surface area contributed by atoms with E-state index in [1.807, 2.05) is 0 Å². The molecule has 4 N–H and O–H groups in total. The molecule has 17 nitrogen and oxygen atoms in total. The second-order valence-corrected chi connectivity index (χ2v) is 8.93. The Hall–Kier alpha value is -3.64. The Morgan fingerprint density at radius 1 is 0.590 bits per heavy atom. The number of hydrogen-bond donors (Lipinski definition) is 4. The van der Waals surface area contributed by atoms with Gasteiger partial charge >= 0.3 is 35.8 Å². The molecule has 8 atom stereocenters. The number of carboxylic acids is 3. The highest BCUT2D eigenvalue weighted by Gasteiger charge is 2.52. The van der Waals surface area contributed by atoms with Crippen molar-refractivity contribution in [2.75, 3.05) is 26.4 Å². The average molecular weight is 560 g/mol. The van der Waals surface area contributed by atoms with Crippen LogP contribution in [0.5, 0.6) is 0 Å². The number of esters is 3. The molecule has 0 spiro atoms. The van der Waals surface area contributed by atoms with Gasteiger partial charge in [0.1, 0.15) is 30.5 Å². The van der Waals surface area contributed by atoms with E-state index in [1.54, 1.807) is 0 Å². The third-order valence-corrected chi connectivity index (χ3v) is 6.37. The van der Waals surface area contributed by atoms with Crippen molar-refractivity contribution in [3.63, 3.8) is 0 Å². The van der Waals surface area contributed by atoms with Crippen LogP contribution in [0.4, 0.5) is 0 Å². The average Bonchev–Trinajstić information content (AvgIpc) is 3.62. The van der Waals surface area contributed by atoms with Gasteiger partial charge in [0.15, 0.2) is 29.5 Å². The number of fused-ring (bicyclic) bond motifs is 2. The topological polar surface area (TPSA) is 248 Å². The quantitative estimate of drug-likeness (QED) is 0.0683. The molecule has 0 aliphatic carbocycles. The van der Waals surface area contributed by atoms with Crippen molar-refractivity contribution >= 4 is 35.8 Å². The van der Waals surface area contributed by atoms with E-state index in [2.05, 4.69) is 0 Å². The van der Waals surface area contributed by atoms with Crippen LogP contribution in [0.3, 0.4) is 0 Å². The van der Waals surface area contributed by atoms with Crippen LogP contribution in [0, 0.1) is 0 Å². The lowest BCUT2D eigenvalue weighted by molar-refractivity contribution is -0.158. The van der Waals surface area contributed by atoms with Crippen LogP contribution in [0.15, 0.2) is 11.1 Å². The van der Waals surface area contributed by atoms with E-state index in [-0.39, 0.29) is 26.4 Å². The molecule has 0 saturated carbocycles. The highest BCUT2D eigenvalue weighted by molar-refractivity contribution is 6.27. The second-order valence-electron chi connectivity index (χ2n) is 8.93. The third-order valence-electron chi connectivity index (χ3n) is 6.37. The number of carbonyl (C=O) groups excluding carboxylic acids is 3. The van der Waals surface area contributed by atoms with Crippen LogP contribution < -0.4 is 0 Å². The first-order chi connectivity index (χ1) is 18.5. The first-order valence-electron chi connectivity index (χ1n) is 11.7. The maximum absolute atomic E-state index is 12.8. The summed E-state index contributed by atoms with van der Waals surface area (Å²) in [6.07, 6.45) is -8.96. The fourth-order valence-electron chi connectivity index (χ4n) is 4.60. The Morgan fingerprint density at radius 3 is 1.46 bits per heavy atom. The molecule has 0 bridgehead atoms. The maximum atomic E-state index is 12.8. The highest BCUT2D eigenvalue weighted by Crippen LogP contribution is 2.32. The van der Waals surface area contributed by atoms with Crippen molar-refractivity contribution in [2.45, 2.75) is 61.7 Å². The minimum atomic E-state index is -2.09. The van der Waals surface area contributed by atoms with E-state index in [4.69, 9.17) is 38.3 Å². The largest absolute Gasteiger partial charge is 0.481 e. The number of carboxylic acid groups (broad SMARTS) is 3. The normalized spacial score (nSPS) is 33.5. The van der Waals surface area contributed by atoms with Crippen molar-refractivity contribution in [1.29, 1.82) is 0 Å². The van der Waals surface area contributed by atoms with E-state index in [0.717, 1.165) is 0 Å². The summed E-state index contributed by atoms with van der Waals surface area (Å²) in [7, 11) is 0. The molecule has 4 aliphatic heterocycles. The minimum Gasteiger partial charge on any atom is -0.481 e. The van der Waals surface area contributed by atoms with E-state index in [0.29, 0.717) is 0 Å². The number of carbonyl (C=O) groups is 6. The second kappa shape index (κ2) is 11.6. The molecule has 4 aliphatic rings. The zero-order valence-electron chi connectivity index (χ0n) is 20.0. The third kappa shape index (κ3) is 6.01. The number of rotatable bonds is 10. The van der Waals surface area contributed by atoms with E-state index in [9.17, 15) is 44.1 Å². The molecule has 0 aromatic heterocycles. The molecule has 0 radical (unpaired) electrons. The molecule has 4 fully saturated rings. The minimum absolute atomic E-state index is 0.117. The number of aliphatic hydroxyl groups excluding tert-OH is 1. The van der Waals surface area contributed by atoms with Gasteiger partial charge in [0, 0.05) is 0 Å². The molecule has 4 rings (SSSR count). The maximum Gasteiger partial charge on any atom is 0.347 e. The Kier molecular flexibility index (Phi) is 8.45. The van der Waals surface area contributed by atoms with Gasteiger partial charge in [-0.1, -0.05) is 0 Å². The first-order valence-corrected chi connectivity index (χ1v) is 11.7. The summed E-state index contributed by atoms with van der Waals surface area (Å²) in [6.45, 7) is -0.918. The van der Waals surface area contributed by atoms with Gasteiger partial charge in [0.2, 0.25) is 0 Å². The molecule has 0 amide bonds. The molecular formula is C22H24O17. The predicted molar refractivity (Wildman–Crippen MR) is 114 cm³/mol. The molecule has 0 aromatic carbocycles. The summed E-state index contributed by atoms with van der Waals surface area (Å²) in [5.74, 6) is -9.55. The van der Waals surface area contributed by atoms with Crippen LogP contribution in [-0.2, 0) is 61.9 Å². The van der Waals surface area contributed by atoms with Crippen molar-refractivity contribution < 1.29 is 82.4 Å². The van der Waals surface area contributed by atoms with Crippen LogP contribution in [0.1, 0.15) is 12.8 Å². The van der Waals surface area contributed by atoms with Gasteiger partial charge in [-0.15, -0.1) is 0 Å². The van der Waals surface area contributed by atoms with Crippen molar-refractivity contribution in [3.05, 3.63) is 11.1 Å². The van der Waals surface area contributed by atoms with E-state index in [1.165, 1.54) is 0 Å². The van der Waals surface area contributed by atoms with Gasteiger partial charge in [0.25, 0.3) is 0 Å². The van der Waals surface area contributed by atoms with Crippen molar-refractivity contribution in [3.8, 4) is 0 Å². The SMILES string of the molecule is O=C(O)CCC(=O)O[C@@H]1CO[C@H]2[C@@H]1OC[C@@H]2OC(=O)/C(C(=O)O)=C(\C(=O)O)C(=O)O[C@@H]1CO[C@H]2[C@@H]1OC[C@@H]2O. The smallest absolute Gasteiger partial charge is 0.347 e. The summed E-state index contributed by atoms with van der Waals surface area (Å²) in [6, 6.07) is 0. The zero-order valence-corrected chi connectivity index (χ0v) is 20.0. The molecular weight excluding hydrogens is 536 g/mol. The van der Waals surface area contributed by atoms with Gasteiger partial charge in [-0.3, -0.25) is 9.59 Å². The fourth-order valence-corrected chi connectivity index (χ4v) is 4.60. The van der Waals surface area contributed by atoms with E-state index >= 15 is 0 Å². The number of aliphatic carboxylic acids is 3. The Morgan fingerprint density at radius 2 is 1.00 bits per heavy atom. The van der Waals surface area contributed by atoms with Gasteiger partial charge in [-0.05, 0) is 0 Å². The summed E-state index contributed by atoms with van der Waals surface area (Å²) in [5.41, 5.74) is -3.03. The molecule has 214 valence electrons. The molecule has 4 saturated heterocycles. The standard InChI is InChI=1S/C22H24O17/c23-7-3-33-16-9(5-34-15(7)16)38-21(31)13(19(27)28)14(20(29)30)22(32)39-10-6-36-17-8(4-35-18(10)17)37-12(26)2-1-11(24)25/h7-10,15-18,23H,1-6H2,(H,24,25)(H,27,28)(H,29,30)/b14-13+/t7-,8+,9+,10-,15+,16+,17+,18+/m0/s1. The molecule has 0 unspecified atom stereocenters. The monoisotopic (exact) mass is 560 g/mol. The highest BCUT2D eigenvalue weighted by atomic mass is 16.7. The number of aliphatic hydroxyl groups is 1. The Labute approximate surface area is 218 Å². The Bertz CT molecular complexity index is 1080. The molecule has 0 aromatic rings. The molecule has 4 heterocycles. The van der Waals surface area contributed by atoms with Crippen LogP contribution in [0.2, 0.25) is 0 Å². The summed E-state index contributed by atoms with van der Waals surface area (Å²) >= 11 is 0. The lowest BCUT2D eigenvalue weighted by Gasteiger charge is -2.19. The molecule has 17 heteroatoms. The van der Waals surface area contributed by atoms with Crippen molar-refractivity contribution in [2.24, 2.45) is 0 Å². The summed E-state index contributed by atoms with van der Waals surface area (Å²) in [5, 5.41) is 37.6. The fraction of sp³-hybridized carbons (Fsp3) is 0.636. The van der Waals surface area contributed by atoms with Crippen molar-refractivity contribution in [1.82, 2.24) is 0 Å². The number of hydrogen-bond acceptors (Lipinski definition) is 14. The first kappa shape index (κ1) is 28.4. The van der Waals surface area contributed by atoms with Gasteiger partial charge in [0.05, 0.1) is 39.3 Å². The van der Waals surface area contributed by atoms with Crippen LogP contribution in [-0.4, -0.2) is 132 Å². The summed E-state index contributed by atoms with van der Waals surface area (Å²) < 4.78 is 36.8. The van der Waals surface area contributed by atoms with Gasteiger partial charge in [-0.2, -0.15) is 0 Å². The Balaban J connectivity index is 1.43. The van der Waals surface area contributed by atoms with Crippen LogP contribution >= 0.6 is 0 Å².